The molecule has 1 aromatic rings. The van der Waals surface area contributed by atoms with Gasteiger partial charge in [0.25, 0.3) is 0 Å². The predicted octanol–water partition coefficient (Wildman–Crippen LogP) is 2.53. The zero-order chi connectivity index (χ0) is 14.5. The Kier molecular flexibility index (Phi) is 4.92. The molecule has 104 valence electrons. The number of rotatable bonds is 4. The molecule has 5 nitrogen and oxygen atoms in total. The second-order valence-electron chi connectivity index (χ2n) is 5.09. The van der Waals surface area contributed by atoms with Gasteiger partial charge in [-0.1, -0.05) is 0 Å². The third-order valence-corrected chi connectivity index (χ3v) is 2.20. The number of aldehydes is 1. The summed E-state index contributed by atoms with van der Waals surface area (Å²) < 4.78 is 10.2. The second-order valence-corrected chi connectivity index (χ2v) is 5.09. The van der Waals surface area contributed by atoms with E-state index in [1.54, 1.807) is 39.0 Å². The zero-order valence-electron chi connectivity index (χ0n) is 11.6. The first-order valence-electron chi connectivity index (χ1n) is 5.94. The van der Waals surface area contributed by atoms with E-state index in [0.29, 0.717) is 11.3 Å². The molecule has 1 aromatic carbocycles. The molecular formula is C14H19NO4. The fourth-order valence-electron chi connectivity index (χ4n) is 1.46. The quantitative estimate of drug-likeness (QED) is 0.850. The smallest absolute Gasteiger partial charge is 0.407 e. The molecule has 0 unspecified atom stereocenters. The number of nitrogens with one attached hydrogen (secondary N) is 1. The third-order valence-electron chi connectivity index (χ3n) is 2.20. The van der Waals surface area contributed by atoms with Gasteiger partial charge in [0.15, 0.2) is 0 Å². The first kappa shape index (κ1) is 15.0. The van der Waals surface area contributed by atoms with E-state index in [0.717, 1.165) is 11.8 Å². The Hall–Kier alpha value is -2.04. The van der Waals surface area contributed by atoms with E-state index in [4.69, 9.17) is 9.47 Å². The van der Waals surface area contributed by atoms with E-state index in [-0.39, 0.29) is 6.54 Å². The summed E-state index contributed by atoms with van der Waals surface area (Å²) in [5.74, 6) is 0.575. The Labute approximate surface area is 112 Å². The molecule has 1 amide bonds. The van der Waals surface area contributed by atoms with Crippen LogP contribution in [0.5, 0.6) is 5.75 Å². The maximum absolute atomic E-state index is 11.5. The first-order valence-corrected chi connectivity index (χ1v) is 5.94. The standard InChI is InChI=1S/C14H19NO4/c1-14(2,3)19-13(17)15-8-10-5-11(9-16)7-12(6-10)18-4/h5-7,9H,8H2,1-4H3,(H,15,17). The number of carbonyl (C=O) groups excluding carboxylic acids is 2. The van der Waals surface area contributed by atoms with Crippen molar-refractivity contribution < 1.29 is 19.1 Å². The molecule has 0 heterocycles. The number of amides is 1. The first-order chi connectivity index (χ1) is 8.84. The summed E-state index contributed by atoms with van der Waals surface area (Å²) in [6.45, 7) is 5.65. The van der Waals surface area contributed by atoms with Crippen molar-refractivity contribution >= 4 is 12.4 Å². The fourth-order valence-corrected chi connectivity index (χ4v) is 1.46. The van der Waals surface area contributed by atoms with Gasteiger partial charge in [-0.15, -0.1) is 0 Å². The maximum Gasteiger partial charge on any atom is 0.407 e. The van der Waals surface area contributed by atoms with Crippen molar-refractivity contribution in [3.63, 3.8) is 0 Å². The molecule has 0 bridgehead atoms. The summed E-state index contributed by atoms with van der Waals surface area (Å²) >= 11 is 0. The van der Waals surface area contributed by atoms with Gasteiger partial charge in [0.2, 0.25) is 0 Å². The van der Waals surface area contributed by atoms with E-state index >= 15 is 0 Å². The highest BCUT2D eigenvalue weighted by Crippen LogP contribution is 2.16. The molecule has 0 spiro atoms. The van der Waals surface area contributed by atoms with Crippen LogP contribution >= 0.6 is 0 Å². The summed E-state index contributed by atoms with van der Waals surface area (Å²) in [6, 6.07) is 5.07. The molecule has 19 heavy (non-hydrogen) atoms. The SMILES string of the molecule is COc1cc(C=O)cc(CNC(=O)OC(C)(C)C)c1. The number of ether oxygens (including phenoxy) is 2. The number of hydrogen-bond acceptors (Lipinski definition) is 4. The largest absolute Gasteiger partial charge is 0.497 e. The van der Waals surface area contributed by atoms with Crippen molar-refractivity contribution in [1.29, 1.82) is 0 Å². The lowest BCUT2D eigenvalue weighted by Crippen LogP contribution is -2.32. The molecule has 1 rings (SSSR count). The summed E-state index contributed by atoms with van der Waals surface area (Å²) in [4.78, 5) is 22.3. The van der Waals surface area contributed by atoms with Gasteiger partial charge in [0.1, 0.15) is 17.6 Å². The van der Waals surface area contributed by atoms with Crippen LogP contribution in [0.3, 0.4) is 0 Å². The minimum Gasteiger partial charge on any atom is -0.497 e. The van der Waals surface area contributed by atoms with Crippen LogP contribution in [-0.2, 0) is 11.3 Å². The zero-order valence-corrected chi connectivity index (χ0v) is 11.6. The molecule has 0 atom stereocenters. The van der Waals surface area contributed by atoms with Crippen LogP contribution in [0.1, 0.15) is 36.7 Å². The lowest BCUT2D eigenvalue weighted by molar-refractivity contribution is 0.0523. The van der Waals surface area contributed by atoms with Crippen LogP contribution in [0.2, 0.25) is 0 Å². The summed E-state index contributed by atoms with van der Waals surface area (Å²) in [5, 5.41) is 2.63. The number of methoxy groups -OCH3 is 1. The summed E-state index contributed by atoms with van der Waals surface area (Å²) in [7, 11) is 1.52. The van der Waals surface area contributed by atoms with Crippen LogP contribution < -0.4 is 10.1 Å². The Morgan fingerprint density at radius 1 is 1.32 bits per heavy atom. The minimum absolute atomic E-state index is 0.271. The Bertz CT molecular complexity index is 463. The van der Waals surface area contributed by atoms with E-state index in [9.17, 15) is 9.59 Å². The van der Waals surface area contributed by atoms with Gasteiger partial charge < -0.3 is 14.8 Å². The van der Waals surface area contributed by atoms with Crippen LogP contribution in [0.4, 0.5) is 4.79 Å². The van der Waals surface area contributed by atoms with E-state index in [2.05, 4.69) is 5.32 Å². The highest BCUT2D eigenvalue weighted by molar-refractivity contribution is 5.76. The van der Waals surface area contributed by atoms with Crippen LogP contribution in [0.15, 0.2) is 18.2 Å². The van der Waals surface area contributed by atoms with Crippen LogP contribution in [-0.4, -0.2) is 25.1 Å². The summed E-state index contributed by atoms with van der Waals surface area (Å²) in [5.41, 5.74) is 0.736. The van der Waals surface area contributed by atoms with Gasteiger partial charge >= 0.3 is 6.09 Å². The summed E-state index contributed by atoms with van der Waals surface area (Å²) in [6.07, 6.45) is 0.238. The molecule has 1 N–H and O–H groups in total. The van der Waals surface area contributed by atoms with E-state index in [1.165, 1.54) is 7.11 Å². The molecule has 0 radical (unpaired) electrons. The Morgan fingerprint density at radius 3 is 2.53 bits per heavy atom. The highest BCUT2D eigenvalue weighted by atomic mass is 16.6. The van der Waals surface area contributed by atoms with Gasteiger partial charge in [-0.2, -0.15) is 0 Å². The number of alkyl carbamates (subject to hydrolysis) is 1. The molecule has 0 fully saturated rings. The number of benzene rings is 1. The topological polar surface area (TPSA) is 64.6 Å². The maximum atomic E-state index is 11.5. The monoisotopic (exact) mass is 265 g/mol. The van der Waals surface area contributed by atoms with Crippen molar-refractivity contribution in [3.05, 3.63) is 29.3 Å². The van der Waals surface area contributed by atoms with Gasteiger partial charge in [0, 0.05) is 12.1 Å². The molecule has 0 aromatic heterocycles. The molecule has 0 aliphatic rings. The number of hydrogen-bond donors (Lipinski definition) is 1. The lowest BCUT2D eigenvalue weighted by atomic mass is 10.1. The second kappa shape index (κ2) is 6.22. The van der Waals surface area contributed by atoms with Crippen molar-refractivity contribution in [1.82, 2.24) is 5.32 Å². The minimum atomic E-state index is -0.535. The predicted molar refractivity (Wildman–Crippen MR) is 71.5 cm³/mol. The number of carbonyl (C=O) groups is 2. The van der Waals surface area contributed by atoms with Gasteiger partial charge in [-0.05, 0) is 44.5 Å². The fraction of sp³-hybridized carbons (Fsp3) is 0.429. The Balaban J connectivity index is 2.67. The molecular weight excluding hydrogens is 246 g/mol. The Morgan fingerprint density at radius 2 is 2.00 bits per heavy atom. The lowest BCUT2D eigenvalue weighted by Gasteiger charge is -2.19. The third kappa shape index (κ3) is 5.42. The average molecular weight is 265 g/mol. The highest BCUT2D eigenvalue weighted by Gasteiger charge is 2.15. The van der Waals surface area contributed by atoms with Gasteiger partial charge in [-0.3, -0.25) is 4.79 Å². The van der Waals surface area contributed by atoms with Crippen molar-refractivity contribution in [2.24, 2.45) is 0 Å². The van der Waals surface area contributed by atoms with E-state index < -0.39 is 11.7 Å². The van der Waals surface area contributed by atoms with Gasteiger partial charge in [-0.25, -0.2) is 4.79 Å². The van der Waals surface area contributed by atoms with Crippen molar-refractivity contribution in [2.45, 2.75) is 32.9 Å². The van der Waals surface area contributed by atoms with Crippen molar-refractivity contribution in [3.8, 4) is 5.75 Å². The molecule has 5 heteroatoms. The van der Waals surface area contributed by atoms with Crippen molar-refractivity contribution in [2.75, 3.05) is 7.11 Å². The van der Waals surface area contributed by atoms with Gasteiger partial charge in [0.05, 0.1) is 7.11 Å². The molecule has 0 saturated heterocycles. The van der Waals surface area contributed by atoms with E-state index in [1.807, 2.05) is 0 Å². The van der Waals surface area contributed by atoms with Crippen LogP contribution in [0.25, 0.3) is 0 Å². The van der Waals surface area contributed by atoms with Crippen LogP contribution in [0, 0.1) is 0 Å². The molecule has 0 aliphatic heterocycles. The average Bonchev–Trinajstić information content (AvgIpc) is 2.33. The normalized spacial score (nSPS) is 10.7. The molecule has 0 saturated carbocycles. The molecule has 0 aliphatic carbocycles.